The van der Waals surface area contributed by atoms with E-state index in [1.165, 1.54) is 16.7 Å². The summed E-state index contributed by atoms with van der Waals surface area (Å²) < 4.78 is 11.7. The van der Waals surface area contributed by atoms with Gasteiger partial charge in [0, 0.05) is 5.56 Å². The summed E-state index contributed by atoms with van der Waals surface area (Å²) in [4.78, 5) is 0. The van der Waals surface area contributed by atoms with Gasteiger partial charge in [-0.05, 0) is 34.6 Å². The van der Waals surface area contributed by atoms with Gasteiger partial charge in [0.05, 0.1) is 21.9 Å². The van der Waals surface area contributed by atoms with Crippen LogP contribution >= 0.6 is 0 Å². The van der Waals surface area contributed by atoms with Crippen LogP contribution in [-0.2, 0) is 8.85 Å². The van der Waals surface area contributed by atoms with E-state index in [4.69, 9.17) is 8.85 Å². The van der Waals surface area contributed by atoms with Gasteiger partial charge in [0.2, 0.25) is 0 Å². The van der Waals surface area contributed by atoms with Gasteiger partial charge in [-0.1, -0.05) is 76.2 Å². The van der Waals surface area contributed by atoms with Crippen LogP contribution in [0.4, 0.5) is 0 Å². The smallest absolute Gasteiger partial charge is 0.0889 e. The topological polar surface area (TPSA) is 18.5 Å². The molecule has 1 unspecified atom stereocenters. The lowest BCUT2D eigenvalue weighted by atomic mass is 9.98. The quantitative estimate of drug-likeness (QED) is 0.702. The fraction of sp³-hybridized carbons (Fsp3) is 0.333. The second-order valence-electron chi connectivity index (χ2n) is 6.90. The van der Waals surface area contributed by atoms with Crippen LogP contribution in [-0.4, -0.2) is 10.0 Å². The average molecular weight is 338 g/mol. The fourth-order valence-electron chi connectivity index (χ4n) is 2.80. The predicted molar refractivity (Wildman–Crippen MR) is 101 cm³/mol. The van der Waals surface area contributed by atoms with E-state index in [-0.39, 0.29) is 6.10 Å². The number of rotatable bonds is 4. The van der Waals surface area contributed by atoms with Crippen molar-refractivity contribution in [3.05, 3.63) is 76.9 Å². The Labute approximate surface area is 147 Å². The SMILES string of the molecule is CC(C)c1ccc(C2=CC(c3ccc(C(C)C)cc3)O[SiH-]O2)cc1. The minimum absolute atomic E-state index is 0.0188. The summed E-state index contributed by atoms with van der Waals surface area (Å²) in [5.74, 6) is 2.02. The molecule has 0 fully saturated rings. The molecule has 0 saturated heterocycles. The Balaban J connectivity index is 1.82. The van der Waals surface area contributed by atoms with Crippen LogP contribution in [0.25, 0.3) is 5.76 Å². The lowest BCUT2D eigenvalue weighted by Gasteiger charge is -2.33. The number of hydrogen-bond acceptors (Lipinski definition) is 2. The highest BCUT2D eigenvalue weighted by molar-refractivity contribution is 6.21. The van der Waals surface area contributed by atoms with Crippen LogP contribution in [0.1, 0.15) is 67.9 Å². The molecule has 126 valence electrons. The summed E-state index contributed by atoms with van der Waals surface area (Å²) in [6.07, 6.45) is 2.07. The highest BCUT2D eigenvalue weighted by atomic mass is 28.3. The van der Waals surface area contributed by atoms with Crippen molar-refractivity contribution in [2.24, 2.45) is 0 Å². The van der Waals surface area contributed by atoms with E-state index in [2.05, 4.69) is 82.3 Å². The zero-order valence-electron chi connectivity index (χ0n) is 14.8. The first kappa shape index (κ1) is 17.0. The van der Waals surface area contributed by atoms with Gasteiger partial charge in [-0.3, -0.25) is 0 Å². The lowest BCUT2D eigenvalue weighted by Crippen LogP contribution is -2.15. The summed E-state index contributed by atoms with van der Waals surface area (Å²) in [6, 6.07) is 17.4. The molecule has 0 amide bonds. The first-order valence-corrected chi connectivity index (χ1v) is 9.54. The van der Waals surface area contributed by atoms with Gasteiger partial charge < -0.3 is 8.85 Å². The van der Waals surface area contributed by atoms with Crippen molar-refractivity contribution in [2.45, 2.75) is 45.6 Å². The Kier molecular flexibility index (Phi) is 5.22. The first-order valence-electron chi connectivity index (χ1n) is 8.60. The molecule has 0 spiro atoms. The molecule has 0 N–H and O–H groups in total. The maximum absolute atomic E-state index is 5.86. The molecular weight excluding hydrogens is 312 g/mol. The Morgan fingerprint density at radius 3 is 1.88 bits per heavy atom. The van der Waals surface area contributed by atoms with Crippen LogP contribution in [0.15, 0.2) is 54.6 Å². The maximum Gasteiger partial charge on any atom is 0.0889 e. The minimum atomic E-state index is -0.481. The van der Waals surface area contributed by atoms with Crippen molar-refractivity contribution in [1.82, 2.24) is 0 Å². The fourth-order valence-corrected chi connectivity index (χ4v) is 3.53. The molecule has 1 atom stereocenters. The highest BCUT2D eigenvalue weighted by Crippen LogP contribution is 2.30. The molecule has 3 heteroatoms. The normalized spacial score (nSPS) is 17.8. The number of hydrogen-bond donors (Lipinski definition) is 0. The molecule has 2 aromatic carbocycles. The van der Waals surface area contributed by atoms with E-state index >= 15 is 0 Å². The summed E-state index contributed by atoms with van der Waals surface area (Å²) in [7, 11) is -0.481. The second kappa shape index (κ2) is 7.37. The Hall–Kier alpha value is -1.84. The van der Waals surface area contributed by atoms with E-state index in [1.54, 1.807) is 0 Å². The first-order chi connectivity index (χ1) is 11.5. The van der Waals surface area contributed by atoms with Crippen molar-refractivity contribution < 1.29 is 8.85 Å². The molecule has 24 heavy (non-hydrogen) atoms. The predicted octanol–water partition coefficient (Wildman–Crippen LogP) is 5.33. The van der Waals surface area contributed by atoms with Crippen LogP contribution < -0.4 is 0 Å². The van der Waals surface area contributed by atoms with E-state index in [0.29, 0.717) is 11.8 Å². The van der Waals surface area contributed by atoms with E-state index < -0.39 is 10.0 Å². The van der Waals surface area contributed by atoms with Crippen LogP contribution in [0, 0.1) is 0 Å². The van der Waals surface area contributed by atoms with Crippen molar-refractivity contribution in [3.8, 4) is 0 Å². The molecule has 0 aromatic heterocycles. The standard InChI is InChI=1S/C21H25O2Si/c1-14(2)16-5-9-18(10-6-16)20-13-21(23-24-22-20)19-11-7-17(8-12-19)15(3)4/h5-15,20,24H,1-4H3/q-1. The molecular formula is C21H25O2Si-. The van der Waals surface area contributed by atoms with Gasteiger partial charge in [-0.25, -0.2) is 0 Å². The van der Waals surface area contributed by atoms with Gasteiger partial charge >= 0.3 is 0 Å². The summed E-state index contributed by atoms with van der Waals surface area (Å²) in [6.45, 7) is 8.84. The van der Waals surface area contributed by atoms with Crippen molar-refractivity contribution in [1.29, 1.82) is 0 Å². The van der Waals surface area contributed by atoms with Crippen LogP contribution in [0.3, 0.4) is 0 Å². The molecule has 1 aliphatic heterocycles. The zero-order chi connectivity index (χ0) is 17.1. The van der Waals surface area contributed by atoms with Crippen LogP contribution in [0.2, 0.25) is 0 Å². The van der Waals surface area contributed by atoms with Gasteiger partial charge in [0.15, 0.2) is 0 Å². The zero-order valence-corrected chi connectivity index (χ0v) is 16.0. The van der Waals surface area contributed by atoms with Gasteiger partial charge in [-0.15, -0.1) is 0 Å². The van der Waals surface area contributed by atoms with Gasteiger partial charge in [0.1, 0.15) is 0 Å². The molecule has 2 nitrogen and oxygen atoms in total. The Morgan fingerprint density at radius 2 is 1.33 bits per heavy atom. The maximum atomic E-state index is 5.86. The molecule has 0 radical (unpaired) electrons. The van der Waals surface area contributed by atoms with Gasteiger partial charge in [-0.2, -0.15) is 0 Å². The van der Waals surface area contributed by atoms with Gasteiger partial charge in [0.25, 0.3) is 0 Å². The van der Waals surface area contributed by atoms with E-state index in [0.717, 1.165) is 11.3 Å². The summed E-state index contributed by atoms with van der Waals surface area (Å²) in [5, 5.41) is 0. The molecule has 1 heterocycles. The lowest BCUT2D eigenvalue weighted by molar-refractivity contribution is 0.209. The van der Waals surface area contributed by atoms with E-state index in [9.17, 15) is 0 Å². The molecule has 1 aliphatic rings. The third kappa shape index (κ3) is 3.79. The largest absolute Gasteiger partial charge is 0.688 e. The van der Waals surface area contributed by atoms with Crippen molar-refractivity contribution >= 4 is 15.8 Å². The third-order valence-corrected chi connectivity index (χ3v) is 5.23. The molecule has 2 aromatic rings. The molecule has 0 bridgehead atoms. The molecule has 3 rings (SSSR count). The monoisotopic (exact) mass is 337 g/mol. The molecule has 0 saturated carbocycles. The van der Waals surface area contributed by atoms with E-state index in [1.807, 2.05) is 0 Å². The Bertz CT molecular complexity index is 700. The highest BCUT2D eigenvalue weighted by Gasteiger charge is 2.13. The van der Waals surface area contributed by atoms with Crippen LogP contribution in [0.5, 0.6) is 0 Å². The van der Waals surface area contributed by atoms with Crippen molar-refractivity contribution in [3.63, 3.8) is 0 Å². The summed E-state index contributed by atoms with van der Waals surface area (Å²) in [5.41, 5.74) is 5.01. The molecule has 0 aliphatic carbocycles. The number of benzene rings is 2. The minimum Gasteiger partial charge on any atom is -0.688 e. The average Bonchev–Trinajstić information content (AvgIpc) is 2.62. The van der Waals surface area contributed by atoms with Crippen molar-refractivity contribution in [2.75, 3.05) is 0 Å². The summed E-state index contributed by atoms with van der Waals surface area (Å²) >= 11 is 0. The Morgan fingerprint density at radius 1 is 0.792 bits per heavy atom. The second-order valence-corrected chi connectivity index (χ2v) is 7.60. The third-order valence-electron chi connectivity index (χ3n) is 4.47.